The van der Waals surface area contributed by atoms with E-state index in [2.05, 4.69) is 39.7 Å². The van der Waals surface area contributed by atoms with Gasteiger partial charge in [-0.1, -0.05) is 13.0 Å². The van der Waals surface area contributed by atoms with E-state index in [0.717, 1.165) is 35.2 Å². The van der Waals surface area contributed by atoms with Gasteiger partial charge in [-0.05, 0) is 66.7 Å². The summed E-state index contributed by atoms with van der Waals surface area (Å²) >= 11 is 2.23. The smallest absolute Gasteiger partial charge is 0.251 e. The number of rotatable bonds is 3. The van der Waals surface area contributed by atoms with Gasteiger partial charge in [0.05, 0.1) is 0 Å². The average Bonchev–Trinajstić information content (AvgIpc) is 2.39. The van der Waals surface area contributed by atoms with E-state index < -0.39 is 0 Å². The van der Waals surface area contributed by atoms with Crippen LogP contribution in [0.5, 0.6) is 0 Å². The van der Waals surface area contributed by atoms with Crippen molar-refractivity contribution < 1.29 is 4.79 Å². The Morgan fingerprint density at radius 1 is 1.56 bits per heavy atom. The largest absolute Gasteiger partial charge is 0.348 e. The van der Waals surface area contributed by atoms with Crippen molar-refractivity contribution in [2.75, 3.05) is 19.6 Å². The molecule has 0 radical (unpaired) electrons. The number of halogens is 1. The lowest BCUT2D eigenvalue weighted by Gasteiger charge is -2.32. The Morgan fingerprint density at radius 3 is 3.11 bits per heavy atom. The molecular weight excluding hydrogens is 339 g/mol. The molecule has 18 heavy (non-hydrogen) atoms. The van der Waals surface area contributed by atoms with E-state index in [9.17, 15) is 4.79 Å². The molecular formula is C14H19IN2O. The van der Waals surface area contributed by atoms with Crippen molar-refractivity contribution in [1.82, 2.24) is 10.2 Å². The van der Waals surface area contributed by atoms with Crippen LogP contribution in [0.25, 0.3) is 0 Å². The Balaban J connectivity index is 1.95. The average molecular weight is 358 g/mol. The molecule has 1 atom stereocenters. The molecule has 1 amide bonds. The highest BCUT2D eigenvalue weighted by Crippen LogP contribution is 2.12. The van der Waals surface area contributed by atoms with Gasteiger partial charge in [0.15, 0.2) is 0 Å². The highest BCUT2D eigenvalue weighted by molar-refractivity contribution is 14.1. The number of nitrogens with one attached hydrogen (secondary N) is 1. The number of hydrogen-bond acceptors (Lipinski definition) is 2. The number of likely N-dealkylation sites (tertiary alicyclic amines) is 1. The Bertz CT molecular complexity index is 422. The fraction of sp³-hybridized carbons (Fsp3) is 0.500. The second-order valence-electron chi connectivity index (χ2n) is 4.72. The van der Waals surface area contributed by atoms with Crippen LogP contribution in [-0.2, 0) is 0 Å². The van der Waals surface area contributed by atoms with Crippen LogP contribution in [0.4, 0.5) is 0 Å². The molecule has 0 bridgehead atoms. The van der Waals surface area contributed by atoms with Gasteiger partial charge in [-0.15, -0.1) is 0 Å². The SMILES string of the molecule is CCN1CCCC(NC(=O)c2cccc(I)c2)C1. The van der Waals surface area contributed by atoms with Crippen molar-refractivity contribution in [3.63, 3.8) is 0 Å². The van der Waals surface area contributed by atoms with Crippen molar-refractivity contribution in [2.24, 2.45) is 0 Å². The summed E-state index contributed by atoms with van der Waals surface area (Å²) in [5.74, 6) is 0.0523. The van der Waals surface area contributed by atoms with E-state index in [4.69, 9.17) is 0 Å². The van der Waals surface area contributed by atoms with Gasteiger partial charge in [-0.2, -0.15) is 0 Å². The predicted octanol–water partition coefficient (Wildman–Crippen LogP) is 2.51. The van der Waals surface area contributed by atoms with Crippen molar-refractivity contribution in [2.45, 2.75) is 25.8 Å². The van der Waals surface area contributed by atoms with E-state index in [1.54, 1.807) is 0 Å². The fourth-order valence-electron chi connectivity index (χ4n) is 2.36. The number of carbonyl (C=O) groups is 1. The quantitative estimate of drug-likeness (QED) is 0.843. The summed E-state index contributed by atoms with van der Waals surface area (Å²) < 4.78 is 1.10. The summed E-state index contributed by atoms with van der Waals surface area (Å²) in [6.07, 6.45) is 2.26. The Morgan fingerprint density at radius 2 is 2.39 bits per heavy atom. The summed E-state index contributed by atoms with van der Waals surface area (Å²) in [5.41, 5.74) is 0.760. The Labute approximate surface area is 122 Å². The lowest BCUT2D eigenvalue weighted by Crippen LogP contribution is -2.47. The van der Waals surface area contributed by atoms with E-state index in [-0.39, 0.29) is 5.91 Å². The Hall–Kier alpha value is -0.620. The first-order valence-electron chi connectivity index (χ1n) is 6.48. The number of carbonyl (C=O) groups excluding carboxylic acids is 1. The van der Waals surface area contributed by atoms with Crippen LogP contribution in [0, 0.1) is 3.57 Å². The molecule has 0 spiro atoms. The summed E-state index contributed by atoms with van der Waals surface area (Å²) in [4.78, 5) is 14.5. The highest BCUT2D eigenvalue weighted by Gasteiger charge is 2.20. The van der Waals surface area contributed by atoms with E-state index in [0.29, 0.717) is 6.04 Å². The summed E-state index contributed by atoms with van der Waals surface area (Å²) in [5, 5.41) is 3.14. The standard InChI is InChI=1S/C14H19IN2O/c1-2-17-8-4-7-13(10-17)16-14(18)11-5-3-6-12(15)9-11/h3,5-6,9,13H,2,4,7-8,10H2,1H3,(H,16,18). The number of hydrogen-bond donors (Lipinski definition) is 1. The van der Waals surface area contributed by atoms with Crippen LogP contribution < -0.4 is 5.32 Å². The van der Waals surface area contributed by atoms with Crippen molar-refractivity contribution in [1.29, 1.82) is 0 Å². The van der Waals surface area contributed by atoms with Gasteiger partial charge < -0.3 is 10.2 Å². The molecule has 1 aromatic carbocycles. The molecule has 98 valence electrons. The molecule has 1 aliphatic heterocycles. The van der Waals surface area contributed by atoms with Gasteiger partial charge in [-0.3, -0.25) is 4.79 Å². The van der Waals surface area contributed by atoms with Crippen LogP contribution in [0.1, 0.15) is 30.1 Å². The molecule has 2 rings (SSSR count). The van der Waals surface area contributed by atoms with Crippen LogP contribution in [0.2, 0.25) is 0 Å². The first-order valence-corrected chi connectivity index (χ1v) is 7.55. The number of benzene rings is 1. The third-order valence-electron chi connectivity index (χ3n) is 3.37. The molecule has 1 saturated heterocycles. The van der Waals surface area contributed by atoms with Gasteiger partial charge in [0.1, 0.15) is 0 Å². The van der Waals surface area contributed by atoms with Crippen LogP contribution in [0.15, 0.2) is 24.3 Å². The van der Waals surface area contributed by atoms with Crippen LogP contribution in [0.3, 0.4) is 0 Å². The number of piperidine rings is 1. The minimum absolute atomic E-state index is 0.0523. The molecule has 0 aliphatic carbocycles. The molecule has 3 nitrogen and oxygen atoms in total. The second-order valence-corrected chi connectivity index (χ2v) is 5.96. The molecule has 4 heteroatoms. The lowest BCUT2D eigenvalue weighted by atomic mass is 10.1. The number of amides is 1. The molecule has 0 saturated carbocycles. The van der Waals surface area contributed by atoms with Crippen LogP contribution >= 0.6 is 22.6 Å². The van der Waals surface area contributed by atoms with Gasteiger partial charge in [0.2, 0.25) is 0 Å². The first kappa shape index (κ1) is 13.8. The maximum Gasteiger partial charge on any atom is 0.251 e. The summed E-state index contributed by atoms with van der Waals surface area (Å²) in [6, 6.07) is 8.02. The topological polar surface area (TPSA) is 32.3 Å². The fourth-order valence-corrected chi connectivity index (χ4v) is 2.90. The first-order chi connectivity index (χ1) is 8.69. The van der Waals surface area contributed by atoms with Crippen molar-refractivity contribution >= 4 is 28.5 Å². The zero-order valence-electron chi connectivity index (χ0n) is 10.7. The van der Waals surface area contributed by atoms with Gasteiger partial charge in [-0.25, -0.2) is 0 Å². The van der Waals surface area contributed by atoms with Gasteiger partial charge in [0.25, 0.3) is 5.91 Å². The molecule has 1 aromatic rings. The second kappa shape index (κ2) is 6.52. The number of nitrogens with zero attached hydrogens (tertiary/aromatic N) is 1. The molecule has 1 fully saturated rings. The summed E-state index contributed by atoms with van der Waals surface area (Å²) in [7, 11) is 0. The maximum atomic E-state index is 12.1. The minimum Gasteiger partial charge on any atom is -0.348 e. The third kappa shape index (κ3) is 3.68. The normalized spacial score (nSPS) is 20.7. The summed E-state index contributed by atoms with van der Waals surface area (Å²) in [6.45, 7) is 5.37. The zero-order chi connectivity index (χ0) is 13.0. The molecule has 1 aliphatic rings. The van der Waals surface area contributed by atoms with Crippen molar-refractivity contribution in [3.8, 4) is 0 Å². The Kier molecular flexibility index (Phi) is 5.00. The zero-order valence-corrected chi connectivity index (χ0v) is 12.8. The van der Waals surface area contributed by atoms with E-state index in [1.165, 1.54) is 6.42 Å². The van der Waals surface area contributed by atoms with Gasteiger partial charge >= 0.3 is 0 Å². The lowest BCUT2D eigenvalue weighted by molar-refractivity contribution is 0.0906. The third-order valence-corrected chi connectivity index (χ3v) is 4.05. The molecule has 1 N–H and O–H groups in total. The maximum absolute atomic E-state index is 12.1. The monoisotopic (exact) mass is 358 g/mol. The van der Waals surface area contributed by atoms with E-state index in [1.807, 2.05) is 24.3 Å². The van der Waals surface area contributed by atoms with Gasteiger partial charge in [0, 0.05) is 21.7 Å². The van der Waals surface area contributed by atoms with E-state index >= 15 is 0 Å². The number of likely N-dealkylation sites (N-methyl/N-ethyl adjacent to an activating group) is 1. The highest BCUT2D eigenvalue weighted by atomic mass is 127. The predicted molar refractivity (Wildman–Crippen MR) is 81.8 cm³/mol. The molecule has 1 unspecified atom stereocenters. The van der Waals surface area contributed by atoms with Crippen LogP contribution in [-0.4, -0.2) is 36.5 Å². The molecule has 0 aromatic heterocycles. The molecule has 1 heterocycles. The van der Waals surface area contributed by atoms with Crippen molar-refractivity contribution in [3.05, 3.63) is 33.4 Å². The minimum atomic E-state index is 0.0523.